The summed E-state index contributed by atoms with van der Waals surface area (Å²) in [5, 5.41) is 0. The van der Waals surface area contributed by atoms with Crippen LogP contribution in [0.1, 0.15) is 70.3 Å². The summed E-state index contributed by atoms with van der Waals surface area (Å²) in [7, 11) is 0. The van der Waals surface area contributed by atoms with Gasteiger partial charge in [0.1, 0.15) is 0 Å². The molecule has 3 aromatic carbocycles. The van der Waals surface area contributed by atoms with Crippen molar-refractivity contribution in [3.05, 3.63) is 106 Å². The van der Waals surface area contributed by atoms with Crippen molar-refractivity contribution in [1.29, 1.82) is 0 Å². The highest BCUT2D eigenvalue weighted by atomic mass is 14.8. The van der Waals surface area contributed by atoms with E-state index in [1.54, 1.807) is 12.4 Å². The maximum atomic E-state index is 6.76. The van der Waals surface area contributed by atoms with E-state index in [-0.39, 0.29) is 0 Å². The largest absolute Gasteiger partial charge is 0.398 e. The van der Waals surface area contributed by atoms with Gasteiger partial charge in [-0.15, -0.1) is 49.4 Å². The summed E-state index contributed by atoms with van der Waals surface area (Å²) in [4.78, 5) is 9.89. The number of aryl methyl sites for hydroxylation is 4. The fourth-order valence-electron chi connectivity index (χ4n) is 6.35. The van der Waals surface area contributed by atoms with E-state index in [1.807, 2.05) is 6.07 Å². The smallest absolute Gasteiger partial charge is 0.0937 e. The van der Waals surface area contributed by atoms with Crippen LogP contribution in [0.15, 0.2) is 60.9 Å². The molecule has 1 heterocycles. The number of anilines is 2. The van der Waals surface area contributed by atoms with Crippen LogP contribution in [0, 0.1) is 49.4 Å². The van der Waals surface area contributed by atoms with Crippen molar-refractivity contribution in [2.45, 2.75) is 56.8 Å². The summed E-state index contributed by atoms with van der Waals surface area (Å²) in [5.41, 5.74) is 24.0. The Bertz CT molecular complexity index is 1640. The predicted molar refractivity (Wildman–Crippen MR) is 177 cm³/mol. The molecule has 1 aliphatic rings. The highest BCUT2D eigenvalue weighted by Crippen LogP contribution is 2.55. The Labute approximate surface area is 255 Å². The molecule has 43 heavy (non-hydrogen) atoms. The first kappa shape index (κ1) is 29.1. The van der Waals surface area contributed by atoms with E-state index in [2.05, 4.69) is 66.1 Å². The topological polar surface area (TPSA) is 77.8 Å². The molecule has 0 unspecified atom stereocenters. The summed E-state index contributed by atoms with van der Waals surface area (Å²) >= 11 is 0. The second-order valence-corrected chi connectivity index (χ2v) is 10.8. The van der Waals surface area contributed by atoms with Gasteiger partial charge in [0.15, 0.2) is 0 Å². The van der Waals surface area contributed by atoms with Crippen molar-refractivity contribution in [3.63, 3.8) is 0 Å². The molecule has 210 valence electrons. The summed E-state index contributed by atoms with van der Waals surface area (Å²) < 4.78 is 0. The molecule has 0 fully saturated rings. The molecule has 0 spiro atoms. The van der Waals surface area contributed by atoms with Crippen LogP contribution < -0.4 is 11.5 Å². The first-order valence-electron chi connectivity index (χ1n) is 14.5. The minimum Gasteiger partial charge on any atom is -0.398 e. The zero-order valence-corrected chi connectivity index (χ0v) is 24.3. The van der Waals surface area contributed by atoms with Gasteiger partial charge in [0.2, 0.25) is 0 Å². The number of nitrogen functional groups attached to an aromatic ring is 2. The maximum absolute atomic E-state index is 6.76. The fraction of sp³-hybridized carbons (Fsp3) is 0.231. The van der Waals surface area contributed by atoms with E-state index < -0.39 is 5.41 Å². The predicted octanol–water partition coefficient (Wildman–Crippen LogP) is 6.27. The van der Waals surface area contributed by atoms with Crippen molar-refractivity contribution < 1.29 is 0 Å². The average Bonchev–Trinajstić information content (AvgIpc) is 3.34. The number of hydrogen-bond donors (Lipinski definition) is 2. The minimum atomic E-state index is -0.812. The Morgan fingerprint density at radius 1 is 0.605 bits per heavy atom. The van der Waals surface area contributed by atoms with E-state index in [1.165, 1.54) is 0 Å². The standard InChI is InChI=1S/C39H34N4/c1-5-9-15-27-23-31(24-28(35(27)40)16-10-6-2)39(34-20-14-13-19-33(34)37-38(39)43-22-21-42-37)32-25-29(17-11-7-3)36(41)30(26-32)18-12-8-4/h1-4,13-14,19-26H,9-12,15-18,40-41H2. The molecule has 1 aliphatic carbocycles. The molecule has 4 heteroatoms. The number of benzene rings is 3. The fourth-order valence-corrected chi connectivity index (χ4v) is 6.35. The molecule has 4 N–H and O–H groups in total. The van der Waals surface area contributed by atoms with Gasteiger partial charge in [0.05, 0.1) is 16.8 Å². The second-order valence-electron chi connectivity index (χ2n) is 10.8. The van der Waals surface area contributed by atoms with Gasteiger partial charge in [0.25, 0.3) is 0 Å². The number of nitrogens with two attached hydrogens (primary N) is 2. The van der Waals surface area contributed by atoms with E-state index >= 15 is 0 Å². The van der Waals surface area contributed by atoms with Gasteiger partial charge in [0, 0.05) is 55.0 Å². The number of rotatable bonds is 10. The highest BCUT2D eigenvalue weighted by Gasteiger charge is 2.49. The number of nitrogens with zero attached hydrogens (tertiary/aromatic N) is 2. The summed E-state index contributed by atoms with van der Waals surface area (Å²) in [5.74, 6) is 11.1. The van der Waals surface area contributed by atoms with Crippen LogP contribution in [0.5, 0.6) is 0 Å². The van der Waals surface area contributed by atoms with Crippen molar-refractivity contribution in [1.82, 2.24) is 9.97 Å². The number of hydrogen-bond acceptors (Lipinski definition) is 4. The van der Waals surface area contributed by atoms with Crippen LogP contribution in [0.25, 0.3) is 11.3 Å². The normalized spacial score (nSPS) is 12.3. The zero-order chi connectivity index (χ0) is 30.4. The molecule has 1 aromatic heterocycles. The Morgan fingerprint density at radius 2 is 1.02 bits per heavy atom. The van der Waals surface area contributed by atoms with Crippen LogP contribution >= 0.6 is 0 Å². The Kier molecular flexibility index (Phi) is 8.54. The van der Waals surface area contributed by atoms with Crippen LogP contribution in [0.2, 0.25) is 0 Å². The van der Waals surface area contributed by atoms with Crippen molar-refractivity contribution >= 4 is 11.4 Å². The van der Waals surface area contributed by atoms with Gasteiger partial charge >= 0.3 is 0 Å². The Hall–Kier alpha value is -5.42. The Morgan fingerprint density at radius 3 is 1.47 bits per heavy atom. The van der Waals surface area contributed by atoms with Crippen molar-refractivity contribution in [2.75, 3.05) is 11.5 Å². The second kappa shape index (κ2) is 12.6. The quantitative estimate of drug-likeness (QED) is 0.157. The van der Waals surface area contributed by atoms with Crippen LogP contribution in [0.3, 0.4) is 0 Å². The molecule has 0 amide bonds. The molecule has 0 saturated carbocycles. The SMILES string of the molecule is C#CCCc1cc(C2(c3cc(CCC#C)c(N)c(CCC#C)c3)c3ccccc3-c3nccnc32)cc(CCC#C)c1N. The molecule has 4 aromatic rings. The van der Waals surface area contributed by atoms with Gasteiger partial charge in [-0.25, -0.2) is 0 Å². The number of fused-ring (bicyclic) bond motifs is 3. The lowest BCUT2D eigenvalue weighted by Gasteiger charge is -2.34. The van der Waals surface area contributed by atoms with Crippen LogP contribution in [-0.4, -0.2) is 9.97 Å². The lowest BCUT2D eigenvalue weighted by Crippen LogP contribution is -2.31. The van der Waals surface area contributed by atoms with Crippen molar-refractivity contribution in [2.24, 2.45) is 0 Å². The van der Waals surface area contributed by atoms with Crippen molar-refractivity contribution in [3.8, 4) is 60.6 Å². The van der Waals surface area contributed by atoms with E-state index in [4.69, 9.17) is 47.1 Å². The summed E-state index contributed by atoms with van der Waals surface area (Å²) in [6.45, 7) is 0. The van der Waals surface area contributed by atoms with Gasteiger partial charge in [-0.3, -0.25) is 9.97 Å². The summed E-state index contributed by atoms with van der Waals surface area (Å²) in [6.07, 6.45) is 31.1. The molecule has 5 rings (SSSR count). The zero-order valence-electron chi connectivity index (χ0n) is 24.3. The molecule has 0 radical (unpaired) electrons. The molecular formula is C39H34N4. The molecule has 0 aliphatic heterocycles. The number of terminal acetylenes is 4. The lowest BCUT2D eigenvalue weighted by molar-refractivity contribution is 0.726. The molecule has 0 bridgehead atoms. The van der Waals surface area contributed by atoms with Gasteiger partial charge in [-0.05, 0) is 64.6 Å². The third-order valence-electron chi connectivity index (χ3n) is 8.36. The summed E-state index contributed by atoms with van der Waals surface area (Å²) in [6, 6.07) is 17.1. The lowest BCUT2D eigenvalue weighted by atomic mass is 9.67. The van der Waals surface area contributed by atoms with Crippen LogP contribution in [-0.2, 0) is 31.1 Å². The number of aromatic nitrogens is 2. The highest BCUT2D eigenvalue weighted by molar-refractivity contribution is 5.83. The van der Waals surface area contributed by atoms with Gasteiger partial charge in [-0.1, -0.05) is 48.5 Å². The average molecular weight is 559 g/mol. The first-order valence-corrected chi connectivity index (χ1v) is 14.5. The Balaban J connectivity index is 1.93. The molecular weight excluding hydrogens is 524 g/mol. The maximum Gasteiger partial charge on any atom is 0.0937 e. The first-order chi connectivity index (χ1) is 21.0. The molecule has 0 atom stereocenters. The third kappa shape index (κ3) is 5.10. The molecule has 0 saturated heterocycles. The molecule has 4 nitrogen and oxygen atoms in total. The minimum absolute atomic E-state index is 0.566. The van der Waals surface area contributed by atoms with E-state index in [9.17, 15) is 0 Å². The van der Waals surface area contributed by atoms with E-state index in [0.29, 0.717) is 51.4 Å². The van der Waals surface area contributed by atoms with E-state index in [0.717, 1.165) is 67.3 Å². The van der Waals surface area contributed by atoms with Crippen LogP contribution in [0.4, 0.5) is 11.4 Å². The van der Waals surface area contributed by atoms with Gasteiger partial charge < -0.3 is 11.5 Å². The monoisotopic (exact) mass is 558 g/mol. The third-order valence-corrected chi connectivity index (χ3v) is 8.36. The van der Waals surface area contributed by atoms with Gasteiger partial charge in [-0.2, -0.15) is 0 Å².